The monoisotopic (exact) mass is 420 g/mol. The Balaban J connectivity index is 2.23. The van der Waals surface area contributed by atoms with Crippen molar-refractivity contribution in [2.45, 2.75) is 19.8 Å². The Kier molecular flexibility index (Phi) is 5.84. The van der Waals surface area contributed by atoms with Crippen LogP contribution in [0, 0.1) is 24.4 Å². The van der Waals surface area contributed by atoms with Gasteiger partial charge in [-0.15, -0.1) is 0 Å². The van der Waals surface area contributed by atoms with Crippen LogP contribution in [0.25, 0.3) is 10.9 Å². The van der Waals surface area contributed by atoms with Crippen LogP contribution in [0.4, 0.5) is 13.2 Å². The summed E-state index contributed by atoms with van der Waals surface area (Å²) >= 11 is 0. The first-order chi connectivity index (χ1) is 14.2. The normalized spacial score (nSPS) is 12.2. The van der Waals surface area contributed by atoms with Gasteiger partial charge in [0.1, 0.15) is 0 Å². The maximum absolute atomic E-state index is 14.1. The smallest absolute Gasteiger partial charge is 0.262 e. The molecule has 0 fully saturated rings. The summed E-state index contributed by atoms with van der Waals surface area (Å²) in [6.45, 7) is 2.84. The van der Waals surface area contributed by atoms with Gasteiger partial charge in [0, 0.05) is 29.3 Å². The van der Waals surface area contributed by atoms with Crippen molar-refractivity contribution >= 4 is 22.7 Å². The standard InChI is InChI=1S/C21H19F3N2O4/c1-10(20(29)25-5-6-27)19-11(2)26(17-9-16(24)18(28)8-13(17)19)21(30)12-3-4-14(22)15(23)7-12/h3-4,7-10,27-28H,5-6H2,1-2H3,(H,25,29). The van der Waals surface area contributed by atoms with E-state index >= 15 is 0 Å². The van der Waals surface area contributed by atoms with Gasteiger partial charge in [-0.3, -0.25) is 14.2 Å². The van der Waals surface area contributed by atoms with Crippen molar-refractivity contribution in [2.75, 3.05) is 13.2 Å². The number of hydrogen-bond donors (Lipinski definition) is 3. The van der Waals surface area contributed by atoms with E-state index in [0.29, 0.717) is 5.56 Å². The molecule has 0 bridgehead atoms. The maximum Gasteiger partial charge on any atom is 0.262 e. The molecular formula is C21H19F3N2O4. The van der Waals surface area contributed by atoms with E-state index in [1.165, 1.54) is 6.92 Å². The van der Waals surface area contributed by atoms with E-state index in [9.17, 15) is 27.9 Å². The quantitative estimate of drug-likeness (QED) is 0.592. The molecule has 0 aliphatic rings. The number of nitrogens with zero attached hydrogens (tertiary/aromatic N) is 1. The zero-order chi connectivity index (χ0) is 22.2. The van der Waals surface area contributed by atoms with E-state index in [-0.39, 0.29) is 35.3 Å². The molecule has 6 nitrogen and oxygen atoms in total. The van der Waals surface area contributed by atoms with Crippen LogP contribution in [0.15, 0.2) is 30.3 Å². The zero-order valence-corrected chi connectivity index (χ0v) is 16.2. The molecule has 1 amide bonds. The Morgan fingerprint density at radius 2 is 1.80 bits per heavy atom. The number of hydrogen-bond acceptors (Lipinski definition) is 4. The summed E-state index contributed by atoms with van der Waals surface area (Å²) < 4.78 is 42.1. The highest BCUT2D eigenvalue weighted by molar-refractivity contribution is 6.05. The summed E-state index contributed by atoms with van der Waals surface area (Å²) in [6, 6.07) is 4.69. The summed E-state index contributed by atoms with van der Waals surface area (Å²) in [6.07, 6.45) is 0. The maximum atomic E-state index is 14.1. The molecule has 0 saturated carbocycles. The molecule has 3 rings (SSSR count). The Hall–Kier alpha value is -3.33. The number of carbonyl (C=O) groups is 2. The number of aromatic nitrogens is 1. The van der Waals surface area contributed by atoms with Crippen molar-refractivity contribution in [1.82, 2.24) is 9.88 Å². The molecule has 1 unspecified atom stereocenters. The minimum Gasteiger partial charge on any atom is -0.505 e. The second kappa shape index (κ2) is 8.19. The van der Waals surface area contributed by atoms with E-state index in [1.807, 2.05) is 0 Å². The lowest BCUT2D eigenvalue weighted by Gasteiger charge is -2.13. The van der Waals surface area contributed by atoms with Crippen molar-refractivity contribution in [3.63, 3.8) is 0 Å². The number of carbonyl (C=O) groups excluding carboxylic acids is 2. The summed E-state index contributed by atoms with van der Waals surface area (Å²) in [5, 5.41) is 21.5. The van der Waals surface area contributed by atoms with Crippen molar-refractivity contribution in [2.24, 2.45) is 0 Å². The third kappa shape index (κ3) is 3.63. The number of halogens is 3. The first-order valence-electron chi connectivity index (χ1n) is 9.09. The zero-order valence-electron chi connectivity index (χ0n) is 16.2. The predicted molar refractivity (Wildman–Crippen MR) is 103 cm³/mol. The summed E-state index contributed by atoms with van der Waals surface area (Å²) in [5.74, 6) is -6.00. The van der Waals surface area contributed by atoms with Crippen LogP contribution < -0.4 is 5.32 Å². The topological polar surface area (TPSA) is 91.6 Å². The van der Waals surface area contributed by atoms with Crippen LogP contribution in [0.3, 0.4) is 0 Å². The Morgan fingerprint density at radius 3 is 2.43 bits per heavy atom. The number of fused-ring (bicyclic) bond motifs is 1. The summed E-state index contributed by atoms with van der Waals surface area (Å²) in [5.41, 5.74) is 0.517. The highest BCUT2D eigenvalue weighted by Crippen LogP contribution is 2.36. The molecular weight excluding hydrogens is 401 g/mol. The molecule has 30 heavy (non-hydrogen) atoms. The lowest BCUT2D eigenvalue weighted by Crippen LogP contribution is -2.30. The fraction of sp³-hybridized carbons (Fsp3) is 0.238. The van der Waals surface area contributed by atoms with Crippen molar-refractivity contribution in [1.29, 1.82) is 0 Å². The number of aliphatic hydroxyl groups excluding tert-OH is 1. The van der Waals surface area contributed by atoms with Gasteiger partial charge in [0.05, 0.1) is 18.0 Å². The van der Waals surface area contributed by atoms with Gasteiger partial charge in [-0.2, -0.15) is 0 Å². The number of phenolic OH excluding ortho intramolecular Hbond substituents is 1. The Labute approximate surface area is 169 Å². The van der Waals surface area contributed by atoms with Crippen LogP contribution in [0.2, 0.25) is 0 Å². The predicted octanol–water partition coefficient (Wildman–Crippen LogP) is 2.97. The molecule has 1 atom stereocenters. The SMILES string of the molecule is Cc1c(C(C)C(=O)NCCO)c2cc(O)c(F)cc2n1C(=O)c1ccc(F)c(F)c1. The van der Waals surface area contributed by atoms with Crippen LogP contribution in [-0.4, -0.2) is 39.7 Å². The van der Waals surface area contributed by atoms with Crippen molar-refractivity contribution < 1.29 is 33.0 Å². The molecule has 3 aromatic rings. The number of phenols is 1. The van der Waals surface area contributed by atoms with Crippen LogP contribution >= 0.6 is 0 Å². The fourth-order valence-corrected chi connectivity index (χ4v) is 3.48. The molecule has 2 aromatic carbocycles. The molecule has 9 heteroatoms. The van der Waals surface area contributed by atoms with E-state index in [0.717, 1.165) is 34.9 Å². The van der Waals surface area contributed by atoms with Crippen molar-refractivity contribution in [3.05, 3.63) is 64.6 Å². The van der Waals surface area contributed by atoms with Crippen molar-refractivity contribution in [3.8, 4) is 5.75 Å². The van der Waals surface area contributed by atoms with Gasteiger partial charge in [0.15, 0.2) is 23.2 Å². The number of amides is 1. The van der Waals surface area contributed by atoms with E-state index < -0.39 is 40.9 Å². The summed E-state index contributed by atoms with van der Waals surface area (Å²) in [4.78, 5) is 25.5. The van der Waals surface area contributed by atoms with Gasteiger partial charge in [0.2, 0.25) is 5.91 Å². The van der Waals surface area contributed by atoms with Gasteiger partial charge in [-0.05, 0) is 43.7 Å². The summed E-state index contributed by atoms with van der Waals surface area (Å²) in [7, 11) is 0. The number of aliphatic hydroxyl groups is 1. The van der Waals surface area contributed by atoms with Crippen LogP contribution in [0.5, 0.6) is 5.75 Å². The molecule has 3 N–H and O–H groups in total. The second-order valence-corrected chi connectivity index (χ2v) is 6.83. The van der Waals surface area contributed by atoms with E-state index in [1.54, 1.807) is 6.92 Å². The number of aromatic hydroxyl groups is 1. The third-order valence-corrected chi connectivity index (χ3v) is 4.93. The molecule has 0 aliphatic heterocycles. The minimum absolute atomic E-state index is 0.0223. The largest absolute Gasteiger partial charge is 0.505 e. The number of nitrogens with one attached hydrogen (secondary N) is 1. The number of rotatable bonds is 5. The average Bonchev–Trinajstić information content (AvgIpc) is 2.98. The van der Waals surface area contributed by atoms with Gasteiger partial charge >= 0.3 is 0 Å². The molecule has 0 spiro atoms. The van der Waals surface area contributed by atoms with E-state index in [2.05, 4.69) is 5.32 Å². The lowest BCUT2D eigenvalue weighted by molar-refractivity contribution is -0.122. The third-order valence-electron chi connectivity index (χ3n) is 4.93. The highest BCUT2D eigenvalue weighted by atomic mass is 19.2. The molecule has 0 saturated heterocycles. The van der Waals surface area contributed by atoms with Gasteiger partial charge in [-0.1, -0.05) is 0 Å². The first-order valence-corrected chi connectivity index (χ1v) is 9.09. The average molecular weight is 420 g/mol. The van der Waals surface area contributed by atoms with Crippen LogP contribution in [0.1, 0.15) is 34.5 Å². The molecule has 158 valence electrons. The second-order valence-electron chi connectivity index (χ2n) is 6.83. The van der Waals surface area contributed by atoms with Crippen LogP contribution in [-0.2, 0) is 4.79 Å². The minimum atomic E-state index is -1.21. The number of benzene rings is 2. The van der Waals surface area contributed by atoms with E-state index in [4.69, 9.17) is 5.11 Å². The van der Waals surface area contributed by atoms with Gasteiger partial charge < -0.3 is 15.5 Å². The van der Waals surface area contributed by atoms with Gasteiger partial charge in [-0.25, -0.2) is 13.2 Å². The fourth-order valence-electron chi connectivity index (χ4n) is 3.48. The highest BCUT2D eigenvalue weighted by Gasteiger charge is 2.28. The Morgan fingerprint density at radius 1 is 1.10 bits per heavy atom. The molecule has 0 aliphatic carbocycles. The Bertz CT molecular complexity index is 1160. The molecule has 1 heterocycles. The lowest BCUT2D eigenvalue weighted by atomic mass is 9.97. The molecule has 0 radical (unpaired) electrons. The first kappa shape index (κ1) is 21.4. The molecule has 1 aromatic heterocycles. The van der Waals surface area contributed by atoms with Gasteiger partial charge in [0.25, 0.3) is 5.91 Å².